The molecule has 46 heavy (non-hydrogen) atoms. The first-order valence-corrected chi connectivity index (χ1v) is 19.4. The third-order valence-corrected chi connectivity index (χ3v) is 8.62. The molecule has 0 radical (unpaired) electrons. The van der Waals surface area contributed by atoms with Gasteiger partial charge in [0.15, 0.2) is 0 Å². The van der Waals surface area contributed by atoms with Gasteiger partial charge in [0.25, 0.3) is 0 Å². The highest BCUT2D eigenvalue weighted by atomic mass is 16.3. The number of hydrogen-bond donors (Lipinski definition) is 4. The lowest BCUT2D eigenvalue weighted by Crippen LogP contribution is -2.45. The predicted octanol–water partition coefficient (Wildman–Crippen LogP) is 10.6. The van der Waals surface area contributed by atoms with E-state index in [9.17, 15) is 20.1 Å². The largest absolute Gasteiger partial charge is 0.394 e. The van der Waals surface area contributed by atoms with Gasteiger partial charge in [0.1, 0.15) is 0 Å². The van der Waals surface area contributed by atoms with Crippen molar-refractivity contribution < 1.29 is 20.1 Å². The molecule has 0 bridgehead atoms. The van der Waals surface area contributed by atoms with Crippen LogP contribution in [0, 0.1) is 0 Å². The van der Waals surface area contributed by atoms with Crippen molar-refractivity contribution in [3.63, 3.8) is 0 Å². The first-order chi connectivity index (χ1) is 22.5. The number of carbonyl (C=O) groups is 1. The standard InChI is InChI=1S/C41H75NO4/c1-3-5-7-9-11-13-15-17-18-19-20-21-23-25-27-29-31-33-35-40(45)39(37-43)42-41(46)36-38(44)34-32-30-28-26-24-22-16-14-12-10-8-6-4-2/h12,14,16,22,25,27,33,35,38-40,43-45H,3-11,13,15,17-21,23-24,26,28-32,34,36-37H2,1-2H3,(H,42,46)/b14-12-,22-16-,27-25+,35-33+. The fourth-order valence-electron chi connectivity index (χ4n) is 5.58. The molecule has 5 nitrogen and oxygen atoms in total. The highest BCUT2D eigenvalue weighted by Crippen LogP contribution is 2.13. The van der Waals surface area contributed by atoms with E-state index in [-0.39, 0.29) is 18.9 Å². The molecule has 3 unspecified atom stereocenters. The van der Waals surface area contributed by atoms with Gasteiger partial charge in [-0.15, -0.1) is 0 Å². The van der Waals surface area contributed by atoms with Crippen LogP contribution in [0.25, 0.3) is 0 Å². The third-order valence-electron chi connectivity index (χ3n) is 8.62. The molecule has 0 aromatic rings. The van der Waals surface area contributed by atoms with E-state index in [1.165, 1.54) is 96.3 Å². The topological polar surface area (TPSA) is 89.8 Å². The number of carbonyl (C=O) groups excluding carboxylic acids is 1. The highest BCUT2D eigenvalue weighted by molar-refractivity contribution is 5.76. The van der Waals surface area contributed by atoms with E-state index in [0.29, 0.717) is 6.42 Å². The van der Waals surface area contributed by atoms with E-state index >= 15 is 0 Å². The molecular weight excluding hydrogens is 570 g/mol. The van der Waals surface area contributed by atoms with Crippen molar-refractivity contribution in [2.75, 3.05) is 6.61 Å². The van der Waals surface area contributed by atoms with Gasteiger partial charge in [-0.2, -0.15) is 0 Å². The van der Waals surface area contributed by atoms with E-state index in [2.05, 4.69) is 55.6 Å². The van der Waals surface area contributed by atoms with Crippen LogP contribution in [0.3, 0.4) is 0 Å². The summed E-state index contributed by atoms with van der Waals surface area (Å²) in [5, 5.41) is 33.0. The Morgan fingerprint density at radius 3 is 1.57 bits per heavy atom. The molecule has 0 aromatic carbocycles. The fourth-order valence-corrected chi connectivity index (χ4v) is 5.58. The molecule has 268 valence electrons. The summed E-state index contributed by atoms with van der Waals surface area (Å²) in [6.45, 7) is 4.14. The lowest BCUT2D eigenvalue weighted by atomic mass is 10.0. The predicted molar refractivity (Wildman–Crippen MR) is 199 cm³/mol. The molecule has 0 saturated heterocycles. The molecule has 5 heteroatoms. The zero-order valence-electron chi connectivity index (χ0n) is 30.2. The third kappa shape index (κ3) is 32.3. The van der Waals surface area contributed by atoms with Crippen molar-refractivity contribution in [2.45, 2.75) is 199 Å². The minimum Gasteiger partial charge on any atom is -0.394 e. The average Bonchev–Trinajstić information content (AvgIpc) is 3.05. The lowest BCUT2D eigenvalue weighted by molar-refractivity contribution is -0.124. The highest BCUT2D eigenvalue weighted by Gasteiger charge is 2.20. The molecule has 3 atom stereocenters. The van der Waals surface area contributed by atoms with Crippen LogP contribution in [-0.4, -0.2) is 46.1 Å². The van der Waals surface area contributed by atoms with E-state index in [1.807, 2.05) is 6.08 Å². The summed E-state index contributed by atoms with van der Waals surface area (Å²) in [4.78, 5) is 12.4. The Labute approximate surface area is 285 Å². The second kappa shape index (κ2) is 36.2. The van der Waals surface area contributed by atoms with Crippen LogP contribution < -0.4 is 5.32 Å². The van der Waals surface area contributed by atoms with Gasteiger partial charge in [0, 0.05) is 0 Å². The summed E-state index contributed by atoms with van der Waals surface area (Å²) in [6, 6.07) is -0.767. The van der Waals surface area contributed by atoms with E-state index in [0.717, 1.165) is 57.8 Å². The van der Waals surface area contributed by atoms with Gasteiger partial charge in [0.05, 0.1) is 31.3 Å². The zero-order chi connectivity index (χ0) is 33.8. The van der Waals surface area contributed by atoms with Gasteiger partial charge in [0.2, 0.25) is 5.91 Å². The molecule has 0 aliphatic heterocycles. The molecule has 0 fully saturated rings. The second-order valence-corrected chi connectivity index (χ2v) is 13.2. The van der Waals surface area contributed by atoms with Crippen LogP contribution in [0.4, 0.5) is 0 Å². The Hall–Kier alpha value is -1.69. The fraction of sp³-hybridized carbons (Fsp3) is 0.780. The number of allylic oxidation sites excluding steroid dienone is 7. The molecular formula is C41H75NO4. The number of nitrogens with one attached hydrogen (secondary N) is 1. The van der Waals surface area contributed by atoms with Gasteiger partial charge < -0.3 is 20.6 Å². The van der Waals surface area contributed by atoms with E-state index in [4.69, 9.17) is 0 Å². The Kier molecular flexibility index (Phi) is 34.8. The number of unbranched alkanes of at least 4 members (excludes halogenated alkanes) is 20. The van der Waals surface area contributed by atoms with Crippen molar-refractivity contribution >= 4 is 5.91 Å². The first kappa shape index (κ1) is 44.3. The average molecular weight is 646 g/mol. The Bertz CT molecular complexity index is 760. The molecule has 0 aromatic heterocycles. The molecule has 0 saturated carbocycles. The first-order valence-electron chi connectivity index (χ1n) is 19.4. The van der Waals surface area contributed by atoms with Crippen molar-refractivity contribution in [1.82, 2.24) is 5.32 Å². The smallest absolute Gasteiger partial charge is 0.222 e. The summed E-state index contributed by atoms with van der Waals surface area (Å²) in [6.07, 6.45) is 45.2. The summed E-state index contributed by atoms with van der Waals surface area (Å²) < 4.78 is 0. The SMILES string of the molecule is CCCCC/C=C\C=C/CCCCCCC(O)CC(=O)NC(CO)C(O)/C=C/CC/C=C/CCCCCCCCCCCCCC. The summed E-state index contributed by atoms with van der Waals surface area (Å²) in [5.74, 6) is -0.340. The maximum absolute atomic E-state index is 12.4. The molecule has 0 spiro atoms. The number of amides is 1. The van der Waals surface area contributed by atoms with Gasteiger partial charge in [-0.25, -0.2) is 0 Å². The normalized spacial score (nSPS) is 14.3. The van der Waals surface area contributed by atoms with Crippen molar-refractivity contribution in [3.8, 4) is 0 Å². The summed E-state index contributed by atoms with van der Waals surface area (Å²) in [7, 11) is 0. The van der Waals surface area contributed by atoms with Crippen LogP contribution in [0.2, 0.25) is 0 Å². The molecule has 0 aliphatic rings. The van der Waals surface area contributed by atoms with Crippen LogP contribution in [0.15, 0.2) is 48.6 Å². The van der Waals surface area contributed by atoms with Crippen LogP contribution in [0.5, 0.6) is 0 Å². The van der Waals surface area contributed by atoms with Gasteiger partial charge >= 0.3 is 0 Å². The van der Waals surface area contributed by atoms with Crippen LogP contribution in [-0.2, 0) is 4.79 Å². The quantitative estimate of drug-likeness (QED) is 0.0318. The number of aliphatic hydroxyl groups excluding tert-OH is 3. The minimum absolute atomic E-state index is 0.00967. The van der Waals surface area contributed by atoms with Crippen molar-refractivity contribution in [3.05, 3.63) is 48.6 Å². The molecule has 0 heterocycles. The van der Waals surface area contributed by atoms with Gasteiger partial charge in [-0.3, -0.25) is 4.79 Å². The summed E-state index contributed by atoms with van der Waals surface area (Å²) in [5.41, 5.74) is 0. The Balaban J connectivity index is 3.81. The van der Waals surface area contributed by atoms with E-state index < -0.39 is 18.2 Å². The maximum atomic E-state index is 12.4. The lowest BCUT2D eigenvalue weighted by Gasteiger charge is -2.20. The molecule has 1 amide bonds. The number of rotatable bonds is 34. The minimum atomic E-state index is -0.957. The van der Waals surface area contributed by atoms with Crippen LogP contribution >= 0.6 is 0 Å². The van der Waals surface area contributed by atoms with Gasteiger partial charge in [-0.05, 0) is 57.8 Å². The molecule has 0 rings (SSSR count). The van der Waals surface area contributed by atoms with E-state index in [1.54, 1.807) is 6.08 Å². The van der Waals surface area contributed by atoms with Crippen molar-refractivity contribution in [2.24, 2.45) is 0 Å². The Morgan fingerprint density at radius 2 is 1.00 bits per heavy atom. The van der Waals surface area contributed by atoms with Gasteiger partial charge in [-0.1, -0.05) is 165 Å². The monoisotopic (exact) mass is 646 g/mol. The second-order valence-electron chi connectivity index (χ2n) is 13.2. The molecule has 4 N–H and O–H groups in total. The Morgan fingerprint density at radius 1 is 0.565 bits per heavy atom. The molecule has 0 aliphatic carbocycles. The number of aliphatic hydroxyl groups is 3. The summed E-state index contributed by atoms with van der Waals surface area (Å²) >= 11 is 0. The zero-order valence-corrected chi connectivity index (χ0v) is 30.2. The van der Waals surface area contributed by atoms with Crippen molar-refractivity contribution in [1.29, 1.82) is 0 Å². The van der Waals surface area contributed by atoms with Crippen LogP contribution in [0.1, 0.15) is 181 Å². The maximum Gasteiger partial charge on any atom is 0.222 e. The number of hydrogen-bond acceptors (Lipinski definition) is 4.